The van der Waals surface area contributed by atoms with E-state index in [1.165, 1.54) is 0 Å². The molecular weight excluding hydrogens is 249 g/mol. The highest BCUT2D eigenvalue weighted by Gasteiger charge is 2.11. The maximum Gasteiger partial charge on any atom is 0.142 e. The van der Waals surface area contributed by atoms with Gasteiger partial charge in [0.2, 0.25) is 0 Å². The molecule has 0 spiro atoms. The molecule has 5 heteroatoms. The van der Waals surface area contributed by atoms with Gasteiger partial charge in [0.1, 0.15) is 12.0 Å². The van der Waals surface area contributed by atoms with Crippen LogP contribution < -0.4 is 4.74 Å². The fraction of sp³-hybridized carbons (Fsp3) is 0.364. The summed E-state index contributed by atoms with van der Waals surface area (Å²) in [7, 11) is 3.39. The Morgan fingerprint density at radius 3 is 2.69 bits per heavy atom. The third-order valence-electron chi connectivity index (χ3n) is 2.12. The largest absolute Gasteiger partial charge is 0.495 e. The molecule has 0 unspecified atom stereocenters. The molecule has 0 aromatic heterocycles. The number of methoxy groups -OCH3 is 1. The molecule has 0 radical (unpaired) electrons. The molecule has 1 aromatic carbocycles. The Balaban J connectivity index is 2.97. The van der Waals surface area contributed by atoms with Crippen LogP contribution in [0.4, 0.5) is 0 Å². The lowest BCUT2D eigenvalue weighted by Crippen LogP contribution is -2.20. The number of benzene rings is 1. The fourth-order valence-electron chi connectivity index (χ4n) is 1.44. The Morgan fingerprint density at radius 1 is 1.44 bits per heavy atom. The highest BCUT2D eigenvalue weighted by atomic mass is 35.5. The average Bonchev–Trinajstić information content (AvgIpc) is 2.17. The van der Waals surface area contributed by atoms with E-state index < -0.39 is 0 Å². The maximum absolute atomic E-state index is 10.4. The molecule has 0 saturated carbocycles. The van der Waals surface area contributed by atoms with E-state index in [4.69, 9.17) is 27.9 Å². The quantitative estimate of drug-likeness (QED) is 0.764. The summed E-state index contributed by atoms with van der Waals surface area (Å²) < 4.78 is 5.20. The van der Waals surface area contributed by atoms with Crippen molar-refractivity contribution in [2.24, 2.45) is 0 Å². The zero-order chi connectivity index (χ0) is 12.1. The SMILES string of the molecule is COc1c(Cl)cc(Cl)cc1CN(C)CC=O. The van der Waals surface area contributed by atoms with Crippen LogP contribution in [0.15, 0.2) is 12.1 Å². The van der Waals surface area contributed by atoms with Crippen LogP contribution in [0.5, 0.6) is 5.75 Å². The van der Waals surface area contributed by atoms with E-state index in [0.717, 1.165) is 11.8 Å². The van der Waals surface area contributed by atoms with Crippen molar-refractivity contribution in [3.05, 3.63) is 27.7 Å². The molecule has 0 aliphatic rings. The molecule has 0 N–H and O–H groups in total. The molecule has 0 fully saturated rings. The second-order valence-electron chi connectivity index (χ2n) is 3.44. The number of hydrogen-bond acceptors (Lipinski definition) is 3. The zero-order valence-electron chi connectivity index (χ0n) is 9.17. The Hall–Kier alpha value is -0.770. The van der Waals surface area contributed by atoms with Gasteiger partial charge < -0.3 is 9.53 Å². The Bertz CT molecular complexity index is 382. The maximum atomic E-state index is 10.4. The predicted octanol–water partition coefficient (Wildman–Crippen LogP) is 2.63. The molecule has 0 amide bonds. The molecule has 1 rings (SSSR count). The van der Waals surface area contributed by atoms with Gasteiger partial charge in [-0.15, -0.1) is 0 Å². The van der Waals surface area contributed by atoms with Gasteiger partial charge in [0.25, 0.3) is 0 Å². The van der Waals surface area contributed by atoms with E-state index in [-0.39, 0.29) is 0 Å². The van der Waals surface area contributed by atoms with Crippen LogP contribution in [0.25, 0.3) is 0 Å². The second kappa shape index (κ2) is 6.09. The molecule has 1 aromatic rings. The third kappa shape index (κ3) is 3.37. The van der Waals surface area contributed by atoms with Crippen molar-refractivity contribution in [1.82, 2.24) is 4.90 Å². The lowest BCUT2D eigenvalue weighted by atomic mass is 10.2. The van der Waals surface area contributed by atoms with Crippen molar-refractivity contribution in [3.8, 4) is 5.75 Å². The van der Waals surface area contributed by atoms with Crippen LogP contribution in [-0.2, 0) is 11.3 Å². The van der Waals surface area contributed by atoms with Crippen molar-refractivity contribution in [2.75, 3.05) is 20.7 Å². The van der Waals surface area contributed by atoms with E-state index >= 15 is 0 Å². The number of halogens is 2. The first-order chi connectivity index (χ1) is 7.58. The molecule has 0 atom stereocenters. The molecule has 0 saturated heterocycles. The summed E-state index contributed by atoms with van der Waals surface area (Å²) in [5.74, 6) is 0.601. The summed E-state index contributed by atoms with van der Waals surface area (Å²) in [6, 6.07) is 3.42. The van der Waals surface area contributed by atoms with Gasteiger partial charge in [-0.05, 0) is 19.2 Å². The van der Waals surface area contributed by atoms with Crippen molar-refractivity contribution in [2.45, 2.75) is 6.54 Å². The average molecular weight is 262 g/mol. The minimum absolute atomic E-state index is 0.354. The molecule has 16 heavy (non-hydrogen) atoms. The molecular formula is C11H13Cl2NO2. The number of likely N-dealkylation sites (N-methyl/N-ethyl adjacent to an activating group) is 1. The number of hydrogen-bond donors (Lipinski definition) is 0. The summed E-state index contributed by atoms with van der Waals surface area (Å²) >= 11 is 11.9. The van der Waals surface area contributed by atoms with E-state index in [1.54, 1.807) is 19.2 Å². The Morgan fingerprint density at radius 2 is 2.12 bits per heavy atom. The summed E-state index contributed by atoms with van der Waals surface area (Å²) in [6.45, 7) is 0.912. The highest BCUT2D eigenvalue weighted by molar-refractivity contribution is 6.35. The number of carbonyl (C=O) groups is 1. The topological polar surface area (TPSA) is 29.5 Å². The summed E-state index contributed by atoms with van der Waals surface area (Å²) in [6.07, 6.45) is 0.846. The van der Waals surface area contributed by atoms with E-state index in [2.05, 4.69) is 0 Å². The normalized spacial score (nSPS) is 10.6. The van der Waals surface area contributed by atoms with Gasteiger partial charge in [-0.25, -0.2) is 0 Å². The molecule has 88 valence electrons. The standard InChI is InChI=1S/C11H13Cl2NO2/c1-14(3-4-15)7-8-5-9(12)6-10(13)11(8)16-2/h4-6H,3,7H2,1-2H3. The van der Waals surface area contributed by atoms with Crippen LogP contribution in [0, 0.1) is 0 Å². The van der Waals surface area contributed by atoms with Gasteiger partial charge in [-0.2, -0.15) is 0 Å². The van der Waals surface area contributed by atoms with Crippen LogP contribution in [0.3, 0.4) is 0 Å². The van der Waals surface area contributed by atoms with Crippen LogP contribution in [0.1, 0.15) is 5.56 Å². The van der Waals surface area contributed by atoms with Gasteiger partial charge in [0, 0.05) is 17.1 Å². The van der Waals surface area contributed by atoms with E-state index in [1.807, 2.05) is 11.9 Å². The first-order valence-corrected chi connectivity index (χ1v) is 5.48. The molecule has 0 aliphatic heterocycles. The predicted molar refractivity (Wildman–Crippen MR) is 65.4 cm³/mol. The second-order valence-corrected chi connectivity index (χ2v) is 4.29. The van der Waals surface area contributed by atoms with Gasteiger partial charge in [0.05, 0.1) is 18.7 Å². The number of carbonyl (C=O) groups excluding carboxylic acids is 1. The monoisotopic (exact) mass is 261 g/mol. The molecule has 0 bridgehead atoms. The Kier molecular flexibility index (Phi) is 5.06. The summed E-state index contributed by atoms with van der Waals surface area (Å²) in [4.78, 5) is 12.2. The van der Waals surface area contributed by atoms with Crippen molar-refractivity contribution in [3.63, 3.8) is 0 Å². The van der Waals surface area contributed by atoms with Crippen molar-refractivity contribution < 1.29 is 9.53 Å². The summed E-state index contributed by atoms with van der Waals surface area (Å²) in [5, 5.41) is 1.03. The van der Waals surface area contributed by atoms with Gasteiger partial charge in [-0.3, -0.25) is 4.90 Å². The Labute approximate surface area is 105 Å². The van der Waals surface area contributed by atoms with E-state index in [9.17, 15) is 4.79 Å². The van der Waals surface area contributed by atoms with Gasteiger partial charge >= 0.3 is 0 Å². The van der Waals surface area contributed by atoms with Crippen LogP contribution in [-0.4, -0.2) is 31.9 Å². The minimum atomic E-state index is 0.354. The first-order valence-electron chi connectivity index (χ1n) is 4.72. The van der Waals surface area contributed by atoms with Gasteiger partial charge in [0.15, 0.2) is 0 Å². The smallest absolute Gasteiger partial charge is 0.142 e. The minimum Gasteiger partial charge on any atom is -0.495 e. The number of nitrogens with zero attached hydrogens (tertiary/aromatic N) is 1. The van der Waals surface area contributed by atoms with Crippen LogP contribution >= 0.6 is 23.2 Å². The van der Waals surface area contributed by atoms with E-state index in [0.29, 0.717) is 28.9 Å². The fourth-order valence-corrected chi connectivity index (χ4v) is 2.06. The lowest BCUT2D eigenvalue weighted by Gasteiger charge is -2.16. The number of rotatable bonds is 5. The van der Waals surface area contributed by atoms with Crippen molar-refractivity contribution in [1.29, 1.82) is 0 Å². The van der Waals surface area contributed by atoms with Gasteiger partial charge in [-0.1, -0.05) is 23.2 Å². The first kappa shape index (κ1) is 13.3. The molecule has 0 heterocycles. The highest BCUT2D eigenvalue weighted by Crippen LogP contribution is 2.32. The van der Waals surface area contributed by atoms with Crippen molar-refractivity contribution >= 4 is 29.5 Å². The summed E-state index contributed by atoms with van der Waals surface area (Å²) in [5.41, 5.74) is 0.865. The third-order valence-corrected chi connectivity index (χ3v) is 2.61. The lowest BCUT2D eigenvalue weighted by molar-refractivity contribution is -0.108. The number of aldehydes is 1. The molecule has 0 aliphatic carbocycles. The molecule has 3 nitrogen and oxygen atoms in total. The van der Waals surface area contributed by atoms with Crippen LogP contribution in [0.2, 0.25) is 10.0 Å². The number of ether oxygens (including phenoxy) is 1. The zero-order valence-corrected chi connectivity index (χ0v) is 10.7.